The van der Waals surface area contributed by atoms with Crippen LogP contribution in [0.4, 0.5) is 0 Å². The molecule has 3 nitrogen and oxygen atoms in total. The molecule has 0 bridgehead atoms. The first kappa shape index (κ1) is 12.7. The summed E-state index contributed by atoms with van der Waals surface area (Å²) in [7, 11) is 0. The van der Waals surface area contributed by atoms with Crippen LogP contribution in [0.3, 0.4) is 0 Å². The maximum Gasteiger partial charge on any atom is 0.124 e. The van der Waals surface area contributed by atoms with Gasteiger partial charge in [-0.1, -0.05) is 6.07 Å². The third kappa shape index (κ3) is 2.66. The van der Waals surface area contributed by atoms with Crippen molar-refractivity contribution in [1.82, 2.24) is 14.9 Å². The maximum atomic E-state index is 4.81. The van der Waals surface area contributed by atoms with E-state index in [1.807, 2.05) is 0 Å². The highest BCUT2D eigenvalue weighted by Gasteiger charge is 2.21. The first-order chi connectivity index (χ1) is 9.15. The molecule has 102 valence electrons. The SMILES string of the molecule is Cc1ccc2c(c1)nc(CNCC1CC1)n2C(C)C. The van der Waals surface area contributed by atoms with Gasteiger partial charge >= 0.3 is 0 Å². The predicted molar refractivity (Wildman–Crippen MR) is 79.3 cm³/mol. The molecule has 0 aliphatic heterocycles. The summed E-state index contributed by atoms with van der Waals surface area (Å²) in [4.78, 5) is 4.81. The molecular weight excluding hydrogens is 234 g/mol. The zero-order valence-electron chi connectivity index (χ0n) is 12.1. The molecule has 1 aliphatic carbocycles. The summed E-state index contributed by atoms with van der Waals surface area (Å²) in [5.74, 6) is 2.08. The molecule has 2 aromatic rings. The summed E-state index contributed by atoms with van der Waals surface area (Å²) >= 11 is 0. The van der Waals surface area contributed by atoms with Crippen molar-refractivity contribution in [2.45, 2.75) is 46.2 Å². The van der Waals surface area contributed by atoms with E-state index in [0.29, 0.717) is 6.04 Å². The Morgan fingerprint density at radius 1 is 1.37 bits per heavy atom. The van der Waals surface area contributed by atoms with Crippen molar-refractivity contribution in [3.63, 3.8) is 0 Å². The molecule has 1 aromatic carbocycles. The minimum Gasteiger partial charge on any atom is -0.324 e. The third-order valence-electron chi connectivity index (χ3n) is 3.85. The smallest absolute Gasteiger partial charge is 0.124 e. The summed E-state index contributed by atoms with van der Waals surface area (Å²) in [6.07, 6.45) is 2.79. The molecule has 3 rings (SSSR count). The van der Waals surface area contributed by atoms with Crippen LogP contribution in [0.2, 0.25) is 0 Å². The van der Waals surface area contributed by atoms with Crippen molar-refractivity contribution in [3.05, 3.63) is 29.6 Å². The van der Waals surface area contributed by atoms with Gasteiger partial charge in [0.15, 0.2) is 0 Å². The van der Waals surface area contributed by atoms with Gasteiger partial charge in [0.05, 0.1) is 17.6 Å². The molecule has 0 spiro atoms. The van der Waals surface area contributed by atoms with E-state index in [1.165, 1.54) is 23.9 Å². The van der Waals surface area contributed by atoms with Crippen molar-refractivity contribution in [2.24, 2.45) is 5.92 Å². The maximum absolute atomic E-state index is 4.81. The van der Waals surface area contributed by atoms with Crippen molar-refractivity contribution in [3.8, 4) is 0 Å². The number of hydrogen-bond donors (Lipinski definition) is 1. The van der Waals surface area contributed by atoms with E-state index in [4.69, 9.17) is 4.98 Å². The standard InChI is InChI=1S/C16H23N3/c1-11(2)19-15-7-4-12(3)8-14(15)18-16(19)10-17-9-13-5-6-13/h4,7-8,11,13,17H,5-6,9-10H2,1-3H3. The normalized spacial score (nSPS) is 15.6. The highest BCUT2D eigenvalue weighted by atomic mass is 15.1. The van der Waals surface area contributed by atoms with Gasteiger partial charge in [-0.25, -0.2) is 4.98 Å². The molecule has 1 aromatic heterocycles. The lowest BCUT2D eigenvalue weighted by molar-refractivity contribution is 0.545. The Balaban J connectivity index is 1.89. The molecule has 1 N–H and O–H groups in total. The van der Waals surface area contributed by atoms with Crippen LogP contribution in [0, 0.1) is 12.8 Å². The monoisotopic (exact) mass is 257 g/mol. The predicted octanol–water partition coefficient (Wildman–Crippen LogP) is 3.43. The molecule has 0 unspecified atom stereocenters. The van der Waals surface area contributed by atoms with Crippen molar-refractivity contribution >= 4 is 11.0 Å². The van der Waals surface area contributed by atoms with Gasteiger partial charge in [-0.3, -0.25) is 0 Å². The lowest BCUT2D eigenvalue weighted by atomic mass is 10.2. The molecule has 0 atom stereocenters. The van der Waals surface area contributed by atoms with Crippen molar-refractivity contribution in [2.75, 3.05) is 6.54 Å². The zero-order valence-corrected chi connectivity index (χ0v) is 12.1. The molecule has 1 saturated carbocycles. The molecule has 0 radical (unpaired) electrons. The topological polar surface area (TPSA) is 29.9 Å². The van der Waals surface area contributed by atoms with Crippen LogP contribution in [0.15, 0.2) is 18.2 Å². The van der Waals surface area contributed by atoms with Crippen molar-refractivity contribution in [1.29, 1.82) is 0 Å². The second-order valence-electron chi connectivity index (χ2n) is 6.06. The minimum atomic E-state index is 0.449. The zero-order chi connectivity index (χ0) is 13.4. The van der Waals surface area contributed by atoms with Crippen LogP contribution in [0.1, 0.15) is 44.1 Å². The van der Waals surface area contributed by atoms with Gasteiger partial charge in [-0.05, 0) is 63.8 Å². The van der Waals surface area contributed by atoms with Crippen LogP contribution in [-0.2, 0) is 6.54 Å². The second kappa shape index (κ2) is 4.97. The summed E-state index contributed by atoms with van der Waals surface area (Å²) in [6.45, 7) is 8.60. The molecule has 19 heavy (non-hydrogen) atoms. The average molecular weight is 257 g/mol. The fraction of sp³-hybridized carbons (Fsp3) is 0.562. The van der Waals surface area contributed by atoms with Crippen LogP contribution in [-0.4, -0.2) is 16.1 Å². The van der Waals surface area contributed by atoms with Gasteiger partial charge in [-0.15, -0.1) is 0 Å². The summed E-state index contributed by atoms with van der Waals surface area (Å²) in [5.41, 5.74) is 3.65. The van der Waals surface area contributed by atoms with Gasteiger partial charge in [0.25, 0.3) is 0 Å². The van der Waals surface area contributed by atoms with E-state index in [0.717, 1.165) is 30.3 Å². The summed E-state index contributed by atoms with van der Waals surface area (Å²) < 4.78 is 2.36. The third-order valence-corrected chi connectivity index (χ3v) is 3.85. The average Bonchev–Trinajstić information content (AvgIpc) is 3.09. The van der Waals surface area contributed by atoms with Crippen LogP contribution >= 0.6 is 0 Å². The fourth-order valence-electron chi connectivity index (χ4n) is 2.67. The first-order valence-corrected chi connectivity index (χ1v) is 7.33. The number of nitrogens with one attached hydrogen (secondary N) is 1. The lowest BCUT2D eigenvalue weighted by Crippen LogP contribution is -2.20. The molecule has 1 fully saturated rings. The molecule has 0 saturated heterocycles. The van der Waals surface area contributed by atoms with Gasteiger partial charge < -0.3 is 9.88 Å². The largest absolute Gasteiger partial charge is 0.324 e. The molecular formula is C16H23N3. The van der Waals surface area contributed by atoms with Gasteiger partial charge in [0.2, 0.25) is 0 Å². The lowest BCUT2D eigenvalue weighted by Gasteiger charge is -2.13. The van der Waals surface area contributed by atoms with Gasteiger partial charge in [-0.2, -0.15) is 0 Å². The number of aromatic nitrogens is 2. The number of hydrogen-bond acceptors (Lipinski definition) is 2. The Bertz CT molecular complexity index is 579. The first-order valence-electron chi connectivity index (χ1n) is 7.33. The van der Waals surface area contributed by atoms with Crippen LogP contribution in [0.5, 0.6) is 0 Å². The highest BCUT2D eigenvalue weighted by Crippen LogP contribution is 2.28. The molecule has 0 amide bonds. The molecule has 1 heterocycles. The van der Waals surface area contributed by atoms with Crippen molar-refractivity contribution < 1.29 is 0 Å². The van der Waals surface area contributed by atoms with E-state index in [9.17, 15) is 0 Å². The number of aryl methyl sites for hydroxylation is 1. The van der Waals surface area contributed by atoms with Gasteiger partial charge in [0, 0.05) is 6.04 Å². The second-order valence-corrected chi connectivity index (χ2v) is 6.06. The van der Waals surface area contributed by atoms with E-state index >= 15 is 0 Å². The Kier molecular flexibility index (Phi) is 3.31. The van der Waals surface area contributed by atoms with E-state index in [2.05, 4.69) is 48.9 Å². The van der Waals surface area contributed by atoms with E-state index in [1.54, 1.807) is 0 Å². The Morgan fingerprint density at radius 3 is 2.84 bits per heavy atom. The highest BCUT2D eigenvalue weighted by molar-refractivity contribution is 5.77. The molecule has 1 aliphatic rings. The fourth-order valence-corrected chi connectivity index (χ4v) is 2.67. The minimum absolute atomic E-state index is 0.449. The van der Waals surface area contributed by atoms with E-state index in [-0.39, 0.29) is 0 Å². The Labute approximate surface area is 115 Å². The van der Waals surface area contributed by atoms with Gasteiger partial charge in [0.1, 0.15) is 5.82 Å². The number of rotatable bonds is 5. The number of nitrogens with zero attached hydrogens (tertiary/aromatic N) is 2. The summed E-state index contributed by atoms with van der Waals surface area (Å²) in [5, 5.41) is 3.55. The van der Waals surface area contributed by atoms with Crippen LogP contribution in [0.25, 0.3) is 11.0 Å². The quantitative estimate of drug-likeness (QED) is 0.889. The summed E-state index contributed by atoms with van der Waals surface area (Å²) in [6, 6.07) is 7.00. The Hall–Kier alpha value is -1.35. The van der Waals surface area contributed by atoms with Crippen LogP contribution < -0.4 is 5.32 Å². The number of imidazole rings is 1. The Morgan fingerprint density at radius 2 is 2.16 bits per heavy atom. The number of benzene rings is 1. The number of fused-ring (bicyclic) bond motifs is 1. The molecule has 3 heteroatoms. The van der Waals surface area contributed by atoms with E-state index < -0.39 is 0 Å².